The van der Waals surface area contributed by atoms with Gasteiger partial charge in [-0.15, -0.1) is 5.10 Å². The van der Waals surface area contributed by atoms with E-state index in [1.165, 1.54) is 24.6 Å². The third-order valence-electron chi connectivity index (χ3n) is 4.68. The number of fused-ring (bicyclic) bond motifs is 1. The molecule has 0 bridgehead atoms. The van der Waals surface area contributed by atoms with Gasteiger partial charge in [0.2, 0.25) is 9.84 Å². The Labute approximate surface area is 146 Å². The summed E-state index contributed by atoms with van der Waals surface area (Å²) in [5, 5.41) is 7.86. The minimum absolute atomic E-state index is 0.0873. The third kappa shape index (κ3) is 2.93. The van der Waals surface area contributed by atoms with Crippen LogP contribution in [0, 0.1) is 5.82 Å². The lowest BCUT2D eigenvalue weighted by Crippen LogP contribution is -2.30. The molecule has 1 aliphatic carbocycles. The Bertz CT molecular complexity index is 939. The number of likely N-dealkylation sites (tertiary alicyclic amines) is 1. The van der Waals surface area contributed by atoms with Crippen molar-refractivity contribution in [1.82, 2.24) is 4.90 Å². The number of hydrogen-bond donors (Lipinski definition) is 0. The van der Waals surface area contributed by atoms with E-state index in [1.54, 1.807) is 0 Å². The van der Waals surface area contributed by atoms with Gasteiger partial charge in [0.05, 0.1) is 10.6 Å². The van der Waals surface area contributed by atoms with Crippen molar-refractivity contribution in [1.29, 1.82) is 0 Å². The minimum Gasteiger partial charge on any atom is -0.372 e. The minimum atomic E-state index is -3.90. The van der Waals surface area contributed by atoms with Crippen LogP contribution < -0.4 is 0 Å². The van der Waals surface area contributed by atoms with Crippen LogP contribution in [0.1, 0.15) is 25.7 Å². The van der Waals surface area contributed by atoms with Crippen molar-refractivity contribution in [3.8, 4) is 0 Å². The van der Waals surface area contributed by atoms with Crippen molar-refractivity contribution < 1.29 is 12.8 Å². The van der Waals surface area contributed by atoms with E-state index in [0.717, 1.165) is 37.7 Å². The molecular weight excluding hydrogens is 341 g/mol. The average Bonchev–Trinajstić information content (AvgIpc) is 3.06. The number of piperidine rings is 1. The standard InChI is InChI=1S/C18H18FN3O2S/c19-13-5-4-6-15(11-13)25(23,24)18-16-12-14(7-8-17(16)20-21-18)22-9-2-1-3-10-22/h4-7,11-12H,1-3,8-10H2. The lowest BCUT2D eigenvalue weighted by Gasteiger charge is -2.31. The van der Waals surface area contributed by atoms with Crippen LogP contribution in [0.3, 0.4) is 0 Å². The van der Waals surface area contributed by atoms with Crippen molar-refractivity contribution >= 4 is 20.6 Å². The van der Waals surface area contributed by atoms with Crippen LogP contribution in [0.25, 0.3) is 0 Å². The van der Waals surface area contributed by atoms with Crippen LogP contribution in [0.2, 0.25) is 0 Å². The molecule has 7 heteroatoms. The molecule has 3 aliphatic rings. The largest absolute Gasteiger partial charge is 0.372 e. The highest BCUT2D eigenvalue weighted by Gasteiger charge is 2.34. The first-order chi connectivity index (χ1) is 12.1. The summed E-state index contributed by atoms with van der Waals surface area (Å²) in [5.41, 5.74) is 2.21. The van der Waals surface area contributed by atoms with Gasteiger partial charge in [-0.1, -0.05) is 12.1 Å². The summed E-state index contributed by atoms with van der Waals surface area (Å²) in [4.78, 5) is 2.18. The Kier molecular flexibility index (Phi) is 4.03. The normalized spacial score (nSPS) is 20.4. The van der Waals surface area contributed by atoms with Gasteiger partial charge >= 0.3 is 0 Å². The highest BCUT2D eigenvalue weighted by atomic mass is 32.2. The fraction of sp³-hybridized carbons (Fsp3) is 0.333. The number of nitrogens with zero attached hydrogens (tertiary/aromatic N) is 3. The number of sulfone groups is 1. The van der Waals surface area contributed by atoms with E-state index in [4.69, 9.17) is 0 Å². The van der Waals surface area contributed by atoms with Crippen LogP contribution in [0.15, 0.2) is 62.8 Å². The second-order valence-corrected chi connectivity index (χ2v) is 8.22. The monoisotopic (exact) mass is 359 g/mol. The van der Waals surface area contributed by atoms with Crippen LogP contribution in [-0.2, 0) is 9.84 Å². The Hall–Kier alpha value is -2.28. The second kappa shape index (κ2) is 6.22. The zero-order chi connectivity index (χ0) is 17.4. The lowest BCUT2D eigenvalue weighted by molar-refractivity contribution is 0.292. The first kappa shape index (κ1) is 16.2. The summed E-state index contributed by atoms with van der Waals surface area (Å²) >= 11 is 0. The van der Waals surface area contributed by atoms with Crippen molar-refractivity contribution in [3.63, 3.8) is 0 Å². The molecule has 5 nitrogen and oxygen atoms in total. The van der Waals surface area contributed by atoms with Gasteiger partial charge in [-0.3, -0.25) is 0 Å². The second-order valence-electron chi connectivity index (χ2n) is 6.35. The van der Waals surface area contributed by atoms with Crippen molar-refractivity contribution in [2.24, 2.45) is 10.2 Å². The van der Waals surface area contributed by atoms with Gasteiger partial charge in [0.15, 0.2) is 5.04 Å². The van der Waals surface area contributed by atoms with E-state index in [1.807, 2.05) is 6.08 Å². The molecule has 130 valence electrons. The molecule has 1 aromatic carbocycles. The smallest absolute Gasteiger partial charge is 0.226 e. The molecule has 0 radical (unpaired) electrons. The van der Waals surface area contributed by atoms with Gasteiger partial charge in [-0.25, -0.2) is 12.8 Å². The maximum atomic E-state index is 13.5. The fourth-order valence-corrected chi connectivity index (χ4v) is 4.72. The van der Waals surface area contributed by atoms with E-state index in [0.29, 0.717) is 17.7 Å². The summed E-state index contributed by atoms with van der Waals surface area (Å²) in [6.07, 6.45) is 8.00. The molecule has 0 saturated carbocycles. The van der Waals surface area contributed by atoms with Crippen molar-refractivity contribution in [2.45, 2.75) is 30.6 Å². The molecule has 0 unspecified atom stereocenters. The maximum absolute atomic E-state index is 13.5. The molecule has 0 spiro atoms. The van der Waals surface area contributed by atoms with Crippen LogP contribution in [0.4, 0.5) is 4.39 Å². The number of allylic oxidation sites excluding steroid dienone is 2. The summed E-state index contributed by atoms with van der Waals surface area (Å²) in [7, 11) is -3.90. The number of hydrogen-bond acceptors (Lipinski definition) is 5. The predicted octanol–water partition coefficient (Wildman–Crippen LogP) is 3.07. The van der Waals surface area contributed by atoms with Crippen LogP contribution >= 0.6 is 0 Å². The number of benzene rings is 1. The fourth-order valence-electron chi connectivity index (χ4n) is 3.36. The van der Waals surface area contributed by atoms with Crippen molar-refractivity contribution in [3.05, 3.63) is 53.5 Å². The molecule has 2 aliphatic heterocycles. The van der Waals surface area contributed by atoms with Crippen LogP contribution in [-0.4, -0.2) is 37.2 Å². The summed E-state index contributed by atoms with van der Waals surface area (Å²) < 4.78 is 39.2. The van der Waals surface area contributed by atoms with Gasteiger partial charge in [-0.2, -0.15) is 5.10 Å². The van der Waals surface area contributed by atoms with E-state index in [-0.39, 0.29) is 9.94 Å². The molecule has 0 aromatic heterocycles. The van der Waals surface area contributed by atoms with E-state index >= 15 is 0 Å². The average molecular weight is 359 g/mol. The number of halogens is 1. The molecule has 0 atom stereocenters. The summed E-state index contributed by atoms with van der Waals surface area (Å²) in [5.74, 6) is -0.590. The third-order valence-corrected chi connectivity index (χ3v) is 6.37. The highest BCUT2D eigenvalue weighted by Crippen LogP contribution is 2.29. The molecular formula is C18H18FN3O2S. The van der Waals surface area contributed by atoms with Gasteiger partial charge in [0.1, 0.15) is 5.82 Å². The van der Waals surface area contributed by atoms with E-state index in [9.17, 15) is 12.8 Å². The van der Waals surface area contributed by atoms with Crippen molar-refractivity contribution in [2.75, 3.05) is 13.1 Å². The quantitative estimate of drug-likeness (QED) is 0.815. The molecule has 25 heavy (non-hydrogen) atoms. The SMILES string of the molecule is O=S(=O)(C1=NN=C2CC=C(N3CCCCC3)C=C21)c1cccc(F)c1. The highest BCUT2D eigenvalue weighted by molar-refractivity contribution is 8.07. The Morgan fingerprint density at radius 3 is 2.64 bits per heavy atom. The Morgan fingerprint density at radius 1 is 1.08 bits per heavy atom. The van der Waals surface area contributed by atoms with Gasteiger partial charge in [-0.05, 0) is 43.5 Å². The molecule has 0 amide bonds. The lowest BCUT2D eigenvalue weighted by atomic mass is 10.00. The maximum Gasteiger partial charge on any atom is 0.226 e. The predicted molar refractivity (Wildman–Crippen MR) is 94.7 cm³/mol. The van der Waals surface area contributed by atoms with Gasteiger partial charge in [0, 0.05) is 30.8 Å². The summed E-state index contributed by atoms with van der Waals surface area (Å²) in [6.45, 7) is 1.95. The topological polar surface area (TPSA) is 62.1 Å². The first-order valence-corrected chi connectivity index (χ1v) is 9.87. The Balaban J connectivity index is 1.68. The van der Waals surface area contributed by atoms with E-state index < -0.39 is 15.7 Å². The molecule has 4 rings (SSSR count). The van der Waals surface area contributed by atoms with Gasteiger partial charge < -0.3 is 4.90 Å². The van der Waals surface area contributed by atoms with Crippen LogP contribution in [0.5, 0.6) is 0 Å². The molecule has 2 heterocycles. The zero-order valence-electron chi connectivity index (χ0n) is 13.7. The first-order valence-electron chi connectivity index (χ1n) is 8.38. The van der Waals surface area contributed by atoms with Gasteiger partial charge in [0.25, 0.3) is 0 Å². The molecule has 1 fully saturated rings. The summed E-state index contributed by atoms with van der Waals surface area (Å²) in [6, 6.07) is 4.99. The van der Waals surface area contributed by atoms with E-state index in [2.05, 4.69) is 21.2 Å². The Morgan fingerprint density at radius 2 is 1.88 bits per heavy atom. The molecule has 0 N–H and O–H groups in total. The number of rotatable bonds is 2. The molecule has 1 saturated heterocycles. The molecule has 1 aromatic rings. The zero-order valence-corrected chi connectivity index (χ0v) is 14.5.